The van der Waals surface area contributed by atoms with Crippen LogP contribution < -0.4 is 8.92 Å². The highest BCUT2D eigenvalue weighted by Crippen LogP contribution is 2.35. The summed E-state index contributed by atoms with van der Waals surface area (Å²) in [6.45, 7) is 0.328. The van der Waals surface area contributed by atoms with Gasteiger partial charge in [-0.15, -0.1) is 11.3 Å². The lowest BCUT2D eigenvalue weighted by Crippen LogP contribution is -2.32. The van der Waals surface area contributed by atoms with Gasteiger partial charge in [0.2, 0.25) is 0 Å². The molecule has 0 unspecified atom stereocenters. The first-order chi connectivity index (χ1) is 15.3. The highest BCUT2D eigenvalue weighted by molar-refractivity contribution is 7.87. The van der Waals surface area contributed by atoms with Gasteiger partial charge < -0.3 is 13.8 Å². The Bertz CT molecular complexity index is 1240. The molecule has 168 valence electrons. The van der Waals surface area contributed by atoms with Gasteiger partial charge in [0.05, 0.1) is 22.0 Å². The van der Waals surface area contributed by atoms with Crippen LogP contribution in [0.15, 0.2) is 58.8 Å². The van der Waals surface area contributed by atoms with Gasteiger partial charge in [-0.3, -0.25) is 4.79 Å². The fourth-order valence-electron chi connectivity index (χ4n) is 3.17. The van der Waals surface area contributed by atoms with Gasteiger partial charge in [-0.2, -0.15) is 8.42 Å². The number of hydrogen-bond acceptors (Lipinski definition) is 6. The number of amides is 1. The van der Waals surface area contributed by atoms with E-state index in [4.69, 9.17) is 32.1 Å². The van der Waals surface area contributed by atoms with Gasteiger partial charge in [0.25, 0.3) is 5.91 Å². The van der Waals surface area contributed by atoms with E-state index in [0.717, 1.165) is 18.4 Å². The van der Waals surface area contributed by atoms with Crippen molar-refractivity contribution in [3.8, 4) is 11.5 Å². The largest absolute Gasteiger partial charge is 0.493 e. The second-order valence-corrected chi connectivity index (χ2v) is 10.5. The summed E-state index contributed by atoms with van der Waals surface area (Å²) in [5.74, 6) is 0.236. The SMILES string of the molecule is COc1ccc(CN(C(=O)c2cccs2)C2CC2)cc1OS(=O)(=O)c1ccc(Cl)c(Cl)c1. The van der Waals surface area contributed by atoms with Crippen molar-refractivity contribution in [1.29, 1.82) is 0 Å². The van der Waals surface area contributed by atoms with Crippen molar-refractivity contribution in [2.45, 2.75) is 30.3 Å². The molecule has 0 spiro atoms. The molecule has 0 aliphatic heterocycles. The molecule has 1 amide bonds. The topological polar surface area (TPSA) is 72.9 Å². The highest BCUT2D eigenvalue weighted by Gasteiger charge is 2.33. The summed E-state index contributed by atoms with van der Waals surface area (Å²) in [5, 5.41) is 2.20. The van der Waals surface area contributed by atoms with Gasteiger partial charge in [0.15, 0.2) is 11.5 Å². The number of carbonyl (C=O) groups excluding carboxylic acids is 1. The number of carbonyl (C=O) groups is 1. The summed E-state index contributed by atoms with van der Waals surface area (Å²) in [6, 6.07) is 12.7. The van der Waals surface area contributed by atoms with Crippen molar-refractivity contribution in [3.63, 3.8) is 0 Å². The third kappa shape index (κ3) is 5.04. The van der Waals surface area contributed by atoms with Crippen LogP contribution in [0.2, 0.25) is 10.0 Å². The molecule has 1 saturated carbocycles. The molecule has 32 heavy (non-hydrogen) atoms. The first-order valence-corrected chi connectivity index (χ1v) is 12.7. The number of methoxy groups -OCH3 is 1. The van der Waals surface area contributed by atoms with Crippen LogP contribution in [0.5, 0.6) is 11.5 Å². The normalized spacial score (nSPS) is 13.6. The Labute approximate surface area is 200 Å². The van der Waals surface area contributed by atoms with Crippen LogP contribution >= 0.6 is 34.5 Å². The number of thiophene rings is 1. The second-order valence-electron chi connectivity index (χ2n) is 7.24. The average Bonchev–Trinajstić information content (AvgIpc) is 3.45. The summed E-state index contributed by atoms with van der Waals surface area (Å²) in [7, 11) is -2.77. The molecular formula is C22H19Cl2NO5S2. The molecule has 0 N–H and O–H groups in total. The molecule has 1 fully saturated rings. The molecule has 0 bridgehead atoms. The van der Waals surface area contributed by atoms with Crippen LogP contribution in [0.1, 0.15) is 28.1 Å². The molecular weight excluding hydrogens is 493 g/mol. The van der Waals surface area contributed by atoms with E-state index < -0.39 is 10.1 Å². The third-order valence-electron chi connectivity index (χ3n) is 4.94. The summed E-state index contributed by atoms with van der Waals surface area (Å²) >= 11 is 13.2. The van der Waals surface area contributed by atoms with E-state index in [-0.39, 0.29) is 38.4 Å². The third-order valence-corrected chi connectivity index (χ3v) is 7.77. The Morgan fingerprint density at radius 1 is 1.09 bits per heavy atom. The van der Waals surface area contributed by atoms with E-state index in [1.54, 1.807) is 24.3 Å². The monoisotopic (exact) mass is 511 g/mol. The molecule has 1 aliphatic carbocycles. The van der Waals surface area contributed by atoms with Gasteiger partial charge in [-0.05, 0) is 60.2 Å². The molecule has 6 nitrogen and oxygen atoms in total. The standard InChI is InChI=1S/C22H19Cl2NO5S2/c1-29-19-9-4-14(13-25(15-5-6-15)22(26)21-3-2-10-31-21)11-20(19)30-32(27,28)16-7-8-17(23)18(24)12-16/h2-4,7-12,15H,5-6,13H2,1H3. The fourth-order valence-corrected chi connectivity index (χ4v) is 5.18. The molecule has 0 atom stereocenters. The molecule has 0 saturated heterocycles. The van der Waals surface area contributed by atoms with E-state index in [1.165, 1.54) is 36.6 Å². The maximum atomic E-state index is 12.9. The predicted molar refractivity (Wildman–Crippen MR) is 124 cm³/mol. The summed E-state index contributed by atoms with van der Waals surface area (Å²) in [6.07, 6.45) is 1.89. The lowest BCUT2D eigenvalue weighted by molar-refractivity contribution is 0.0734. The molecule has 1 aliphatic rings. The molecule has 10 heteroatoms. The zero-order valence-corrected chi connectivity index (χ0v) is 20.1. The number of benzene rings is 2. The minimum atomic E-state index is -4.19. The van der Waals surface area contributed by atoms with Gasteiger partial charge in [0.1, 0.15) is 4.90 Å². The van der Waals surface area contributed by atoms with Crippen LogP contribution in [-0.2, 0) is 16.7 Å². The highest BCUT2D eigenvalue weighted by atomic mass is 35.5. The lowest BCUT2D eigenvalue weighted by atomic mass is 10.2. The van der Waals surface area contributed by atoms with Crippen LogP contribution in [0.4, 0.5) is 0 Å². The van der Waals surface area contributed by atoms with Crippen molar-refractivity contribution in [2.75, 3.05) is 7.11 Å². The number of halogens is 2. The molecule has 2 aromatic carbocycles. The van der Waals surface area contributed by atoms with Crippen LogP contribution in [0.25, 0.3) is 0 Å². The Morgan fingerprint density at radius 3 is 2.50 bits per heavy atom. The Morgan fingerprint density at radius 2 is 1.88 bits per heavy atom. The fraction of sp³-hybridized carbons (Fsp3) is 0.227. The van der Waals surface area contributed by atoms with Crippen LogP contribution in [-0.4, -0.2) is 32.4 Å². The van der Waals surface area contributed by atoms with Crippen molar-refractivity contribution < 1.29 is 22.1 Å². The van der Waals surface area contributed by atoms with Crippen LogP contribution in [0, 0.1) is 0 Å². The minimum Gasteiger partial charge on any atom is -0.493 e. The summed E-state index contributed by atoms with van der Waals surface area (Å²) in [5.41, 5.74) is 0.724. The van der Waals surface area contributed by atoms with Gasteiger partial charge >= 0.3 is 10.1 Å². The number of rotatable bonds is 8. The predicted octanol–water partition coefficient (Wildman–Crippen LogP) is 5.64. The van der Waals surface area contributed by atoms with Crippen LogP contribution in [0.3, 0.4) is 0 Å². The van der Waals surface area contributed by atoms with Crippen molar-refractivity contribution in [3.05, 3.63) is 74.4 Å². The smallest absolute Gasteiger partial charge is 0.339 e. The number of hydrogen-bond donors (Lipinski definition) is 0. The van der Waals surface area contributed by atoms with Crippen molar-refractivity contribution in [1.82, 2.24) is 4.90 Å². The zero-order valence-electron chi connectivity index (χ0n) is 17.0. The maximum Gasteiger partial charge on any atom is 0.339 e. The summed E-state index contributed by atoms with van der Waals surface area (Å²) in [4.78, 5) is 15.3. The minimum absolute atomic E-state index is 0.0235. The molecule has 1 heterocycles. The average molecular weight is 512 g/mol. The lowest BCUT2D eigenvalue weighted by Gasteiger charge is -2.22. The van der Waals surface area contributed by atoms with E-state index in [9.17, 15) is 13.2 Å². The Balaban J connectivity index is 1.61. The Hall–Kier alpha value is -2.26. The molecule has 4 rings (SSSR count). The van der Waals surface area contributed by atoms with E-state index in [2.05, 4.69) is 0 Å². The number of nitrogens with zero attached hydrogens (tertiary/aromatic N) is 1. The zero-order chi connectivity index (χ0) is 22.9. The van der Waals surface area contributed by atoms with Gasteiger partial charge in [-0.25, -0.2) is 0 Å². The first-order valence-electron chi connectivity index (χ1n) is 9.69. The quantitative estimate of drug-likeness (QED) is 0.366. The Kier molecular flexibility index (Phi) is 6.67. The molecule has 0 radical (unpaired) electrons. The van der Waals surface area contributed by atoms with E-state index >= 15 is 0 Å². The van der Waals surface area contributed by atoms with Crippen molar-refractivity contribution in [2.24, 2.45) is 0 Å². The number of ether oxygens (including phenoxy) is 1. The van der Waals surface area contributed by atoms with E-state index in [0.29, 0.717) is 11.4 Å². The second kappa shape index (κ2) is 9.31. The van der Waals surface area contributed by atoms with Gasteiger partial charge in [0, 0.05) is 12.6 Å². The van der Waals surface area contributed by atoms with E-state index in [1.807, 2.05) is 16.3 Å². The maximum absolute atomic E-state index is 12.9. The first kappa shape index (κ1) is 22.9. The molecule has 1 aromatic heterocycles. The van der Waals surface area contributed by atoms with Crippen molar-refractivity contribution >= 4 is 50.6 Å². The molecule has 3 aromatic rings. The van der Waals surface area contributed by atoms with Gasteiger partial charge in [-0.1, -0.05) is 35.3 Å². The summed E-state index contributed by atoms with van der Waals surface area (Å²) < 4.78 is 36.3.